The first-order chi connectivity index (χ1) is 9.11. The molecule has 3 N–H and O–H groups in total. The number of nitrogen functional groups attached to an aromatic ring is 1. The Morgan fingerprint density at radius 1 is 1.40 bits per heavy atom. The van der Waals surface area contributed by atoms with Crippen molar-refractivity contribution < 1.29 is 23.8 Å². The number of benzene rings is 1. The van der Waals surface area contributed by atoms with Crippen LogP contribution < -0.4 is 5.73 Å². The van der Waals surface area contributed by atoms with E-state index in [4.69, 9.17) is 15.6 Å². The molecule has 7 heteroatoms. The molecule has 0 bridgehead atoms. The van der Waals surface area contributed by atoms with Gasteiger partial charge in [-0.2, -0.15) is 0 Å². The Balaban J connectivity index is 2.86. The Labute approximate surface area is 120 Å². The summed E-state index contributed by atoms with van der Waals surface area (Å²) in [6.07, 6.45) is 0. The highest BCUT2D eigenvalue weighted by molar-refractivity contribution is 8.00. The van der Waals surface area contributed by atoms with E-state index in [9.17, 15) is 14.0 Å². The van der Waals surface area contributed by atoms with Crippen molar-refractivity contribution in [2.24, 2.45) is 0 Å². The van der Waals surface area contributed by atoms with Crippen LogP contribution in [-0.4, -0.2) is 28.4 Å². The molecule has 5 nitrogen and oxygen atoms in total. The summed E-state index contributed by atoms with van der Waals surface area (Å²) in [5.74, 6) is -2.71. The summed E-state index contributed by atoms with van der Waals surface area (Å²) in [4.78, 5) is 22.9. The van der Waals surface area contributed by atoms with Gasteiger partial charge in [0.2, 0.25) is 0 Å². The quantitative estimate of drug-likeness (QED) is 0.504. The summed E-state index contributed by atoms with van der Waals surface area (Å²) >= 11 is 0.945. The van der Waals surface area contributed by atoms with Gasteiger partial charge in [0.25, 0.3) is 0 Å². The second-order valence-electron chi connectivity index (χ2n) is 5.01. The number of halogens is 1. The van der Waals surface area contributed by atoms with Gasteiger partial charge in [-0.3, -0.25) is 4.79 Å². The average Bonchev–Trinajstić information content (AvgIpc) is 2.27. The molecule has 0 saturated carbocycles. The Morgan fingerprint density at radius 2 is 2.00 bits per heavy atom. The molecule has 20 heavy (non-hydrogen) atoms. The molecule has 1 aromatic carbocycles. The fraction of sp³-hybridized carbons (Fsp3) is 0.385. The lowest BCUT2D eigenvalue weighted by Gasteiger charge is -2.19. The van der Waals surface area contributed by atoms with Gasteiger partial charge >= 0.3 is 11.9 Å². The predicted octanol–water partition coefficient (Wildman–Crippen LogP) is 2.54. The monoisotopic (exact) mass is 301 g/mol. The molecule has 0 aliphatic carbocycles. The molecule has 0 aromatic heterocycles. The SMILES string of the molecule is CC(C)(C)OC(=O)CSc1ccc(F)c(N)c1C(=O)O. The van der Waals surface area contributed by atoms with Gasteiger partial charge in [-0.05, 0) is 32.9 Å². The van der Waals surface area contributed by atoms with Gasteiger partial charge in [0.05, 0.1) is 17.0 Å². The number of ether oxygens (including phenoxy) is 1. The largest absolute Gasteiger partial charge is 0.478 e. The minimum atomic E-state index is -1.34. The molecule has 1 rings (SSSR count). The molecule has 0 spiro atoms. The predicted molar refractivity (Wildman–Crippen MR) is 74.3 cm³/mol. The van der Waals surface area contributed by atoms with Crippen LogP contribution in [0.3, 0.4) is 0 Å². The molecule has 0 amide bonds. The topological polar surface area (TPSA) is 89.6 Å². The number of carboxylic acid groups (broad SMARTS) is 1. The number of thioether (sulfide) groups is 1. The summed E-state index contributed by atoms with van der Waals surface area (Å²) in [5.41, 5.74) is 4.02. The van der Waals surface area contributed by atoms with E-state index in [-0.39, 0.29) is 16.2 Å². The molecule has 0 heterocycles. The van der Waals surface area contributed by atoms with Gasteiger partial charge in [-0.15, -0.1) is 11.8 Å². The summed E-state index contributed by atoms with van der Waals surface area (Å²) in [6, 6.07) is 2.35. The van der Waals surface area contributed by atoms with Crippen LogP contribution >= 0.6 is 11.8 Å². The van der Waals surface area contributed by atoms with Crippen molar-refractivity contribution in [2.45, 2.75) is 31.3 Å². The molecule has 0 saturated heterocycles. The second-order valence-corrected chi connectivity index (χ2v) is 6.03. The van der Waals surface area contributed by atoms with Crippen LogP contribution in [0.4, 0.5) is 10.1 Å². The van der Waals surface area contributed by atoms with Gasteiger partial charge in [0.15, 0.2) is 0 Å². The number of nitrogens with two attached hydrogens (primary N) is 1. The zero-order chi connectivity index (χ0) is 15.5. The van der Waals surface area contributed by atoms with Crippen molar-refractivity contribution in [1.29, 1.82) is 0 Å². The van der Waals surface area contributed by atoms with Crippen LogP contribution in [0.1, 0.15) is 31.1 Å². The summed E-state index contributed by atoms with van der Waals surface area (Å²) in [6.45, 7) is 5.19. The Kier molecular flexibility index (Phi) is 4.99. The van der Waals surface area contributed by atoms with Crippen molar-refractivity contribution in [3.05, 3.63) is 23.5 Å². The van der Waals surface area contributed by atoms with E-state index in [0.717, 1.165) is 17.8 Å². The van der Waals surface area contributed by atoms with E-state index in [2.05, 4.69) is 0 Å². The normalized spacial score (nSPS) is 11.2. The highest BCUT2D eigenvalue weighted by Gasteiger charge is 2.20. The first-order valence-electron chi connectivity index (χ1n) is 5.77. The lowest BCUT2D eigenvalue weighted by molar-refractivity contribution is -0.151. The van der Waals surface area contributed by atoms with Crippen LogP contribution in [-0.2, 0) is 9.53 Å². The van der Waals surface area contributed by atoms with E-state index in [1.54, 1.807) is 20.8 Å². The van der Waals surface area contributed by atoms with Gasteiger partial charge in [0, 0.05) is 4.90 Å². The van der Waals surface area contributed by atoms with E-state index < -0.39 is 29.0 Å². The van der Waals surface area contributed by atoms with Crippen molar-refractivity contribution >= 4 is 29.4 Å². The van der Waals surface area contributed by atoms with Crippen LogP contribution in [0, 0.1) is 5.82 Å². The summed E-state index contributed by atoms with van der Waals surface area (Å²) in [5, 5.41) is 9.05. The molecule has 0 atom stereocenters. The third-order valence-electron chi connectivity index (χ3n) is 2.13. The first kappa shape index (κ1) is 16.3. The van der Waals surface area contributed by atoms with Crippen molar-refractivity contribution in [1.82, 2.24) is 0 Å². The second kappa shape index (κ2) is 6.13. The molecule has 0 aliphatic heterocycles. The van der Waals surface area contributed by atoms with Gasteiger partial charge in [-0.25, -0.2) is 9.18 Å². The van der Waals surface area contributed by atoms with Crippen molar-refractivity contribution in [3.63, 3.8) is 0 Å². The Hall–Kier alpha value is -1.76. The number of carbonyl (C=O) groups is 2. The smallest absolute Gasteiger partial charge is 0.339 e. The maximum Gasteiger partial charge on any atom is 0.339 e. The minimum Gasteiger partial charge on any atom is -0.478 e. The van der Waals surface area contributed by atoms with Crippen molar-refractivity contribution in [2.75, 3.05) is 11.5 Å². The lowest BCUT2D eigenvalue weighted by Crippen LogP contribution is -2.25. The minimum absolute atomic E-state index is 0.0807. The lowest BCUT2D eigenvalue weighted by atomic mass is 10.2. The maximum atomic E-state index is 13.3. The highest BCUT2D eigenvalue weighted by atomic mass is 32.2. The van der Waals surface area contributed by atoms with Crippen molar-refractivity contribution in [3.8, 4) is 0 Å². The third-order valence-corrected chi connectivity index (χ3v) is 3.16. The Bertz CT molecular complexity index is 540. The molecule has 0 radical (unpaired) electrons. The number of carbonyl (C=O) groups excluding carboxylic acids is 1. The first-order valence-corrected chi connectivity index (χ1v) is 6.76. The molecule has 1 aromatic rings. The molecule has 0 fully saturated rings. The van der Waals surface area contributed by atoms with E-state index in [1.165, 1.54) is 6.07 Å². The Morgan fingerprint density at radius 3 is 2.50 bits per heavy atom. The fourth-order valence-electron chi connectivity index (χ4n) is 1.42. The number of hydrogen-bond acceptors (Lipinski definition) is 5. The highest BCUT2D eigenvalue weighted by Crippen LogP contribution is 2.29. The maximum absolute atomic E-state index is 13.3. The number of rotatable bonds is 4. The average molecular weight is 301 g/mol. The van der Waals surface area contributed by atoms with Crippen LogP contribution in [0.15, 0.2) is 17.0 Å². The molecule has 0 unspecified atom stereocenters. The van der Waals surface area contributed by atoms with E-state index in [0.29, 0.717) is 0 Å². The number of esters is 1. The number of hydrogen-bond donors (Lipinski definition) is 2. The van der Waals surface area contributed by atoms with Gasteiger partial charge in [-0.1, -0.05) is 0 Å². The molecular weight excluding hydrogens is 285 g/mol. The summed E-state index contributed by atoms with van der Waals surface area (Å²) in [7, 11) is 0. The standard InChI is InChI=1S/C13H16FNO4S/c1-13(2,3)19-9(16)6-20-8-5-4-7(14)11(15)10(8)12(17)18/h4-5H,6,15H2,1-3H3,(H,17,18). The van der Waals surface area contributed by atoms with Crippen LogP contribution in [0.2, 0.25) is 0 Å². The van der Waals surface area contributed by atoms with E-state index >= 15 is 0 Å². The number of anilines is 1. The molecule has 0 aliphatic rings. The molecule has 110 valence electrons. The number of aromatic carboxylic acids is 1. The van der Waals surface area contributed by atoms with Gasteiger partial charge < -0.3 is 15.6 Å². The molecular formula is C13H16FNO4S. The fourth-order valence-corrected chi connectivity index (χ4v) is 2.26. The zero-order valence-corrected chi connectivity index (χ0v) is 12.2. The number of carboxylic acids is 1. The van der Waals surface area contributed by atoms with Crippen LogP contribution in [0.5, 0.6) is 0 Å². The zero-order valence-electron chi connectivity index (χ0n) is 11.4. The summed E-state index contributed by atoms with van der Waals surface area (Å²) < 4.78 is 18.4. The van der Waals surface area contributed by atoms with E-state index in [1.807, 2.05) is 0 Å². The van der Waals surface area contributed by atoms with Gasteiger partial charge in [0.1, 0.15) is 11.4 Å². The van der Waals surface area contributed by atoms with Crippen LogP contribution in [0.25, 0.3) is 0 Å². The third kappa shape index (κ3) is 4.41.